The maximum atomic E-state index is 12.5. The molecule has 2 unspecified atom stereocenters. The van der Waals surface area contributed by atoms with E-state index < -0.39 is 28.3 Å². The normalized spacial score (nSPS) is 22.1. The van der Waals surface area contributed by atoms with Gasteiger partial charge in [-0.2, -0.15) is 5.26 Å². The molecule has 0 radical (unpaired) electrons. The highest BCUT2D eigenvalue weighted by atomic mass is 16.6. The second-order valence-electron chi connectivity index (χ2n) is 5.85. The SMILES string of the molecule is CCOC(=O)C1=C(C#N)NC(C)CC1(C(=O)O)c1cccc([N+](=O)[O-])c1. The topological polar surface area (TPSA) is 143 Å². The minimum absolute atomic E-state index is 0.0127. The zero-order valence-electron chi connectivity index (χ0n) is 14.2. The summed E-state index contributed by atoms with van der Waals surface area (Å²) in [6.07, 6.45) is -0.0805. The van der Waals surface area contributed by atoms with Gasteiger partial charge in [-0.1, -0.05) is 12.1 Å². The third-order valence-electron chi connectivity index (χ3n) is 4.19. The van der Waals surface area contributed by atoms with Gasteiger partial charge in [-0.3, -0.25) is 14.9 Å². The Morgan fingerprint density at radius 1 is 1.54 bits per heavy atom. The van der Waals surface area contributed by atoms with Crippen LogP contribution in [0.3, 0.4) is 0 Å². The van der Waals surface area contributed by atoms with Crippen LogP contribution in [0.4, 0.5) is 5.69 Å². The highest BCUT2D eigenvalue weighted by molar-refractivity contribution is 6.03. The summed E-state index contributed by atoms with van der Waals surface area (Å²) in [4.78, 5) is 35.3. The smallest absolute Gasteiger partial charge is 0.338 e. The molecule has 0 amide bonds. The van der Waals surface area contributed by atoms with Gasteiger partial charge in [-0.05, 0) is 25.8 Å². The molecule has 1 aromatic carbocycles. The van der Waals surface area contributed by atoms with Crippen LogP contribution in [0, 0.1) is 21.4 Å². The lowest BCUT2D eigenvalue weighted by Gasteiger charge is -2.38. The standard InChI is InChI=1S/C17H17N3O6/c1-3-26-15(21)14-13(9-18)19-10(2)8-17(14,16(22)23)11-5-4-6-12(7-11)20(24)25/h4-7,10,19H,3,8H2,1-2H3,(H,22,23). The number of benzene rings is 1. The number of hydrogen-bond acceptors (Lipinski definition) is 7. The second kappa shape index (κ2) is 7.23. The highest BCUT2D eigenvalue weighted by Crippen LogP contribution is 2.43. The number of carbonyl (C=O) groups excluding carboxylic acids is 1. The number of nitro benzene ring substituents is 1. The van der Waals surface area contributed by atoms with Crippen molar-refractivity contribution in [3.8, 4) is 6.07 Å². The van der Waals surface area contributed by atoms with Crippen molar-refractivity contribution in [1.29, 1.82) is 5.26 Å². The molecule has 1 heterocycles. The van der Waals surface area contributed by atoms with Gasteiger partial charge in [0, 0.05) is 18.2 Å². The highest BCUT2D eigenvalue weighted by Gasteiger charge is 2.53. The van der Waals surface area contributed by atoms with E-state index in [-0.39, 0.29) is 35.5 Å². The molecule has 9 heteroatoms. The van der Waals surface area contributed by atoms with Gasteiger partial charge in [0.15, 0.2) is 0 Å². The van der Waals surface area contributed by atoms with E-state index in [1.54, 1.807) is 13.8 Å². The Hall–Kier alpha value is -3.41. The van der Waals surface area contributed by atoms with E-state index in [0.29, 0.717) is 0 Å². The number of nitrogens with zero attached hydrogens (tertiary/aromatic N) is 2. The summed E-state index contributed by atoms with van der Waals surface area (Å²) in [5.74, 6) is -2.33. The number of carboxylic acids is 1. The Bertz CT molecular complexity index is 841. The number of rotatable bonds is 5. The molecule has 26 heavy (non-hydrogen) atoms. The minimum atomic E-state index is -1.94. The number of ether oxygens (including phenoxy) is 1. The largest absolute Gasteiger partial charge is 0.480 e. The average molecular weight is 359 g/mol. The molecule has 2 atom stereocenters. The van der Waals surface area contributed by atoms with Crippen molar-refractivity contribution in [3.05, 3.63) is 51.2 Å². The molecule has 136 valence electrons. The van der Waals surface area contributed by atoms with E-state index in [1.165, 1.54) is 18.2 Å². The van der Waals surface area contributed by atoms with Gasteiger partial charge in [0.05, 0.1) is 17.1 Å². The lowest BCUT2D eigenvalue weighted by Crippen LogP contribution is -2.51. The number of nitriles is 1. The molecule has 9 nitrogen and oxygen atoms in total. The molecule has 0 saturated carbocycles. The van der Waals surface area contributed by atoms with Crippen LogP contribution in [-0.4, -0.2) is 34.6 Å². The molecule has 0 saturated heterocycles. The summed E-state index contributed by atoms with van der Waals surface area (Å²) in [5, 5.41) is 33.4. The number of hydrogen-bond donors (Lipinski definition) is 2. The first-order chi connectivity index (χ1) is 12.3. The van der Waals surface area contributed by atoms with Crippen LogP contribution in [0.25, 0.3) is 0 Å². The first kappa shape index (κ1) is 18.9. The van der Waals surface area contributed by atoms with Gasteiger partial charge in [-0.25, -0.2) is 4.79 Å². The van der Waals surface area contributed by atoms with Crippen molar-refractivity contribution in [1.82, 2.24) is 5.32 Å². The summed E-state index contributed by atoms with van der Waals surface area (Å²) in [6.45, 7) is 3.20. The summed E-state index contributed by atoms with van der Waals surface area (Å²) in [5.41, 5.74) is -2.77. The Labute approximate surface area is 149 Å². The van der Waals surface area contributed by atoms with Gasteiger partial charge < -0.3 is 15.2 Å². The number of esters is 1. The average Bonchev–Trinajstić information content (AvgIpc) is 2.60. The molecule has 2 rings (SSSR count). The predicted octanol–water partition coefficient (Wildman–Crippen LogP) is 1.64. The Kier molecular flexibility index (Phi) is 5.26. The number of aliphatic carboxylic acids is 1. The molecule has 1 aliphatic heterocycles. The lowest BCUT2D eigenvalue weighted by atomic mass is 9.67. The van der Waals surface area contributed by atoms with Crippen molar-refractivity contribution in [2.24, 2.45) is 0 Å². The van der Waals surface area contributed by atoms with Gasteiger partial charge in [-0.15, -0.1) is 0 Å². The zero-order chi connectivity index (χ0) is 19.5. The molecule has 0 aliphatic carbocycles. The van der Waals surface area contributed by atoms with Crippen LogP contribution in [0.15, 0.2) is 35.5 Å². The van der Waals surface area contributed by atoms with E-state index in [0.717, 1.165) is 6.07 Å². The molecule has 0 aromatic heterocycles. The summed E-state index contributed by atoms with van der Waals surface area (Å²) >= 11 is 0. The Morgan fingerprint density at radius 3 is 2.77 bits per heavy atom. The molecular formula is C17H17N3O6. The van der Waals surface area contributed by atoms with Gasteiger partial charge in [0.1, 0.15) is 17.2 Å². The van der Waals surface area contributed by atoms with Crippen molar-refractivity contribution in [2.75, 3.05) is 6.61 Å². The second-order valence-corrected chi connectivity index (χ2v) is 5.85. The van der Waals surface area contributed by atoms with Crippen molar-refractivity contribution < 1.29 is 24.4 Å². The molecule has 1 aromatic rings. The summed E-state index contributed by atoms with van der Waals surface area (Å²) in [6, 6.07) is 6.43. The Balaban J connectivity index is 2.83. The molecule has 0 bridgehead atoms. The van der Waals surface area contributed by atoms with E-state index in [2.05, 4.69) is 5.32 Å². The maximum absolute atomic E-state index is 12.5. The van der Waals surface area contributed by atoms with Crippen molar-refractivity contribution >= 4 is 17.6 Å². The molecule has 0 spiro atoms. The fourth-order valence-electron chi connectivity index (χ4n) is 3.18. The van der Waals surface area contributed by atoms with Crippen molar-refractivity contribution in [3.63, 3.8) is 0 Å². The van der Waals surface area contributed by atoms with Crippen LogP contribution in [0.1, 0.15) is 25.8 Å². The van der Waals surface area contributed by atoms with Crippen LogP contribution in [0.2, 0.25) is 0 Å². The monoisotopic (exact) mass is 359 g/mol. The fraction of sp³-hybridized carbons (Fsp3) is 0.353. The fourth-order valence-corrected chi connectivity index (χ4v) is 3.18. The Morgan fingerprint density at radius 2 is 2.23 bits per heavy atom. The van der Waals surface area contributed by atoms with Crippen LogP contribution in [0.5, 0.6) is 0 Å². The van der Waals surface area contributed by atoms with E-state index >= 15 is 0 Å². The number of carbonyl (C=O) groups is 2. The molecule has 0 fully saturated rings. The lowest BCUT2D eigenvalue weighted by molar-refractivity contribution is -0.384. The van der Waals surface area contributed by atoms with Gasteiger partial charge in [0.2, 0.25) is 0 Å². The number of nitro groups is 1. The first-order valence-corrected chi connectivity index (χ1v) is 7.84. The van der Waals surface area contributed by atoms with Crippen LogP contribution >= 0.6 is 0 Å². The summed E-state index contributed by atoms with van der Waals surface area (Å²) < 4.78 is 4.97. The maximum Gasteiger partial charge on any atom is 0.338 e. The third kappa shape index (κ3) is 3.09. The van der Waals surface area contributed by atoms with Crippen LogP contribution < -0.4 is 5.32 Å². The zero-order valence-corrected chi connectivity index (χ0v) is 14.2. The predicted molar refractivity (Wildman–Crippen MR) is 88.9 cm³/mol. The molecule has 1 aliphatic rings. The minimum Gasteiger partial charge on any atom is -0.480 e. The van der Waals surface area contributed by atoms with Gasteiger partial charge >= 0.3 is 11.9 Å². The third-order valence-corrected chi connectivity index (χ3v) is 4.19. The van der Waals surface area contributed by atoms with E-state index in [4.69, 9.17) is 4.74 Å². The summed E-state index contributed by atoms with van der Waals surface area (Å²) in [7, 11) is 0. The number of carboxylic acid groups (broad SMARTS) is 1. The van der Waals surface area contributed by atoms with Crippen LogP contribution in [-0.2, 0) is 19.7 Å². The van der Waals surface area contributed by atoms with Gasteiger partial charge in [0.25, 0.3) is 5.69 Å². The van der Waals surface area contributed by atoms with E-state index in [1.807, 2.05) is 6.07 Å². The quantitative estimate of drug-likeness (QED) is 0.459. The molecule has 2 N–H and O–H groups in total. The first-order valence-electron chi connectivity index (χ1n) is 7.84. The number of nitrogens with one attached hydrogen (secondary N) is 1. The van der Waals surface area contributed by atoms with E-state index in [9.17, 15) is 30.1 Å². The number of allylic oxidation sites excluding steroid dienone is 1. The van der Waals surface area contributed by atoms with Crippen molar-refractivity contribution in [2.45, 2.75) is 31.7 Å². The number of non-ortho nitro benzene ring substituents is 1. The molecular weight excluding hydrogens is 342 g/mol.